The number of ether oxygens (including phenoxy) is 2. The van der Waals surface area contributed by atoms with Crippen LogP contribution >= 0.6 is 0 Å². The Morgan fingerprint density at radius 3 is 2.25 bits per heavy atom. The molecule has 0 spiro atoms. The number of halogens is 5. The number of nitrogens with one attached hydrogen (secondary N) is 1. The van der Waals surface area contributed by atoms with E-state index in [0.29, 0.717) is 11.3 Å². The number of imide groups is 1. The molecular weight excluding hydrogens is 593 g/mol. The number of hydrogen-bond donors (Lipinski definition) is 1. The number of alkyl halides is 5. The van der Waals surface area contributed by atoms with Gasteiger partial charge in [-0.3, -0.25) is 4.79 Å². The molecule has 0 radical (unpaired) electrons. The number of alkyl carbamates (subject to hydrolysis) is 1. The molecule has 10 nitrogen and oxygen atoms in total. The van der Waals surface area contributed by atoms with Gasteiger partial charge in [0.2, 0.25) is 11.8 Å². The van der Waals surface area contributed by atoms with Crippen LogP contribution < -0.4 is 5.32 Å². The number of hydrogen-bond acceptors (Lipinski definition) is 7. The Kier molecular flexibility index (Phi) is 8.93. The molecule has 2 aromatic rings. The SMILES string of the molecule is CC(C)(C)OC(=O)N[C@H](c1cn2ncc(CC3C[C@@H](C(F)(F)F)N(C(=O)OC(C)(C)C)C3=O)cc2n1)C1CCC(F)(F)CC1. The predicted octanol–water partition coefficient (Wildman–Crippen LogP) is 6.38. The molecule has 4 rings (SSSR count). The first-order valence-corrected chi connectivity index (χ1v) is 14.5. The van der Waals surface area contributed by atoms with Crippen LogP contribution in [0.4, 0.5) is 31.5 Å². The summed E-state index contributed by atoms with van der Waals surface area (Å²) in [6, 6.07) is -1.55. The van der Waals surface area contributed by atoms with Crippen molar-refractivity contribution < 1.29 is 45.8 Å². The molecule has 1 saturated carbocycles. The number of amides is 3. The van der Waals surface area contributed by atoms with Crippen LogP contribution in [-0.2, 0) is 20.7 Å². The van der Waals surface area contributed by atoms with Crippen molar-refractivity contribution in [2.75, 3.05) is 0 Å². The van der Waals surface area contributed by atoms with Crippen molar-refractivity contribution in [3.8, 4) is 0 Å². The minimum Gasteiger partial charge on any atom is -0.444 e. The Hall–Kier alpha value is -3.52. The zero-order valence-electron chi connectivity index (χ0n) is 25.5. The molecule has 1 aliphatic carbocycles. The van der Waals surface area contributed by atoms with E-state index >= 15 is 0 Å². The molecule has 1 N–H and O–H groups in total. The molecule has 0 aromatic carbocycles. The van der Waals surface area contributed by atoms with Gasteiger partial charge in [-0.15, -0.1) is 0 Å². The largest absolute Gasteiger partial charge is 0.444 e. The van der Waals surface area contributed by atoms with Gasteiger partial charge >= 0.3 is 18.4 Å². The second-order valence-corrected chi connectivity index (χ2v) is 13.5. The monoisotopic (exact) mass is 631 g/mol. The molecule has 15 heteroatoms. The Balaban J connectivity index is 1.57. The van der Waals surface area contributed by atoms with Crippen molar-refractivity contribution in [1.82, 2.24) is 24.8 Å². The van der Waals surface area contributed by atoms with E-state index in [9.17, 15) is 36.3 Å². The van der Waals surface area contributed by atoms with Gasteiger partial charge in [0.1, 0.15) is 17.2 Å². The lowest BCUT2D eigenvalue weighted by Gasteiger charge is -2.33. The molecule has 44 heavy (non-hydrogen) atoms. The summed E-state index contributed by atoms with van der Waals surface area (Å²) < 4.78 is 81.2. The fourth-order valence-electron chi connectivity index (χ4n) is 5.55. The van der Waals surface area contributed by atoms with E-state index in [1.807, 2.05) is 0 Å². The van der Waals surface area contributed by atoms with Crippen molar-refractivity contribution in [3.05, 3.63) is 29.7 Å². The molecule has 2 aromatic heterocycles. The van der Waals surface area contributed by atoms with E-state index in [0.717, 1.165) is 0 Å². The zero-order valence-corrected chi connectivity index (χ0v) is 25.5. The van der Waals surface area contributed by atoms with Gasteiger partial charge in [0, 0.05) is 18.8 Å². The van der Waals surface area contributed by atoms with E-state index in [1.165, 1.54) is 31.5 Å². The lowest BCUT2D eigenvalue weighted by Crippen LogP contribution is -2.48. The standard InChI is InChI=1S/C29H38F5N5O5/c1-26(2,3)43-24(41)37-22(17-7-9-28(30,31)10-8-17)19-15-38-21(36-19)12-16(14-35-38)11-18-13-20(29(32,33)34)39(23(18)40)25(42)44-27(4,5)6/h12,14-15,17-18,20,22H,7-11,13H2,1-6H3,(H,37,41)/t18?,20-,22-/m0/s1. The number of rotatable bonds is 5. The number of nitrogens with zero attached hydrogens (tertiary/aromatic N) is 4. The molecule has 3 amide bonds. The predicted molar refractivity (Wildman–Crippen MR) is 147 cm³/mol. The zero-order chi connectivity index (χ0) is 32.8. The number of likely N-dealkylation sites (tertiary alicyclic amines) is 1. The molecule has 2 aliphatic rings. The number of carbonyl (C=O) groups is 3. The van der Waals surface area contributed by atoms with E-state index < -0.39 is 65.8 Å². The topological polar surface area (TPSA) is 115 Å². The van der Waals surface area contributed by atoms with Gasteiger partial charge in [0.05, 0.1) is 24.1 Å². The fourth-order valence-corrected chi connectivity index (χ4v) is 5.55. The van der Waals surface area contributed by atoms with Crippen LogP contribution in [0.1, 0.15) is 90.9 Å². The summed E-state index contributed by atoms with van der Waals surface area (Å²) >= 11 is 0. The molecule has 1 aliphatic heterocycles. The highest BCUT2D eigenvalue weighted by Gasteiger charge is 2.56. The third-order valence-corrected chi connectivity index (χ3v) is 7.48. The maximum atomic E-state index is 13.9. The second kappa shape index (κ2) is 11.8. The van der Waals surface area contributed by atoms with Crippen LogP contribution in [-0.4, -0.2) is 66.9 Å². The van der Waals surface area contributed by atoms with E-state index in [-0.39, 0.29) is 48.6 Å². The maximum absolute atomic E-state index is 13.9. The third kappa shape index (κ3) is 8.14. The highest BCUT2D eigenvalue weighted by molar-refractivity contribution is 5.96. The van der Waals surface area contributed by atoms with Gasteiger partial charge < -0.3 is 14.8 Å². The van der Waals surface area contributed by atoms with E-state index in [4.69, 9.17) is 9.47 Å². The van der Waals surface area contributed by atoms with Crippen molar-refractivity contribution in [2.45, 2.75) is 115 Å². The molecule has 2 fully saturated rings. The number of carbonyl (C=O) groups excluding carboxylic acids is 3. The number of imidazole rings is 1. The van der Waals surface area contributed by atoms with Crippen molar-refractivity contribution >= 4 is 23.7 Å². The van der Waals surface area contributed by atoms with Crippen LogP contribution in [0.15, 0.2) is 18.5 Å². The molecular formula is C29H38F5N5O5. The van der Waals surface area contributed by atoms with Gasteiger partial charge in [0.15, 0.2) is 5.65 Å². The average Bonchev–Trinajstić information content (AvgIpc) is 3.41. The van der Waals surface area contributed by atoms with Crippen molar-refractivity contribution in [3.63, 3.8) is 0 Å². The molecule has 1 unspecified atom stereocenters. The summed E-state index contributed by atoms with van der Waals surface area (Å²) in [6.45, 7) is 9.54. The molecule has 244 valence electrons. The minimum absolute atomic E-state index is 0.137. The van der Waals surface area contributed by atoms with Crippen molar-refractivity contribution in [1.29, 1.82) is 0 Å². The van der Waals surface area contributed by atoms with E-state index in [2.05, 4.69) is 15.4 Å². The Bertz CT molecular complexity index is 1390. The quantitative estimate of drug-likeness (QED) is 0.381. The summed E-state index contributed by atoms with van der Waals surface area (Å²) in [6.07, 6.45) is -5.21. The molecule has 1 saturated heterocycles. The Labute approximate surface area is 251 Å². The Morgan fingerprint density at radius 1 is 1.07 bits per heavy atom. The normalized spacial score (nSPS) is 22.2. The first kappa shape index (κ1) is 33.4. The first-order chi connectivity index (χ1) is 20.1. The van der Waals surface area contributed by atoms with Crippen LogP contribution in [0.5, 0.6) is 0 Å². The van der Waals surface area contributed by atoms with E-state index in [1.54, 1.807) is 33.0 Å². The first-order valence-electron chi connectivity index (χ1n) is 14.5. The average molecular weight is 632 g/mol. The highest BCUT2D eigenvalue weighted by atomic mass is 19.4. The smallest absolute Gasteiger partial charge is 0.417 e. The fraction of sp³-hybridized carbons (Fsp3) is 0.690. The number of aromatic nitrogens is 3. The highest BCUT2D eigenvalue weighted by Crippen LogP contribution is 2.42. The molecule has 0 bridgehead atoms. The lowest BCUT2D eigenvalue weighted by atomic mass is 9.81. The number of fused-ring (bicyclic) bond motifs is 1. The molecule has 3 atom stereocenters. The van der Waals surface area contributed by atoms with Crippen LogP contribution in [0.3, 0.4) is 0 Å². The van der Waals surface area contributed by atoms with Crippen LogP contribution in [0, 0.1) is 11.8 Å². The Morgan fingerprint density at radius 2 is 1.68 bits per heavy atom. The third-order valence-electron chi connectivity index (χ3n) is 7.48. The second-order valence-electron chi connectivity index (χ2n) is 13.5. The van der Waals surface area contributed by atoms with Crippen LogP contribution in [0.25, 0.3) is 5.65 Å². The van der Waals surface area contributed by atoms with Gasteiger partial charge in [-0.25, -0.2) is 32.8 Å². The minimum atomic E-state index is -4.85. The van der Waals surface area contributed by atoms with Crippen molar-refractivity contribution in [2.24, 2.45) is 11.8 Å². The van der Waals surface area contributed by atoms with Crippen LogP contribution in [0.2, 0.25) is 0 Å². The summed E-state index contributed by atoms with van der Waals surface area (Å²) in [5.74, 6) is -5.32. The van der Waals surface area contributed by atoms with Gasteiger partial charge in [-0.05, 0) is 84.8 Å². The lowest BCUT2D eigenvalue weighted by molar-refractivity contribution is -0.177. The summed E-state index contributed by atoms with van der Waals surface area (Å²) in [7, 11) is 0. The molecule has 3 heterocycles. The maximum Gasteiger partial charge on any atom is 0.417 e. The van der Waals surface area contributed by atoms with Gasteiger partial charge in [-0.2, -0.15) is 18.3 Å². The summed E-state index contributed by atoms with van der Waals surface area (Å²) in [5.41, 5.74) is -0.884. The van der Waals surface area contributed by atoms with Gasteiger partial charge in [-0.1, -0.05) is 0 Å². The summed E-state index contributed by atoms with van der Waals surface area (Å²) in [5, 5.41) is 7.05. The summed E-state index contributed by atoms with van der Waals surface area (Å²) in [4.78, 5) is 43.0. The van der Waals surface area contributed by atoms with Gasteiger partial charge in [0.25, 0.3) is 0 Å².